The zero-order chi connectivity index (χ0) is 20.7. The lowest BCUT2D eigenvalue weighted by Gasteiger charge is -2.32. The van der Waals surface area contributed by atoms with Crippen molar-refractivity contribution in [3.8, 4) is 11.5 Å². The first-order valence-electron chi connectivity index (χ1n) is 9.04. The molecule has 0 spiro atoms. The summed E-state index contributed by atoms with van der Waals surface area (Å²) in [6, 6.07) is 24.3. The summed E-state index contributed by atoms with van der Waals surface area (Å²) in [6.07, 6.45) is 0. The van der Waals surface area contributed by atoms with E-state index in [9.17, 15) is 14.5 Å². The standard InChI is InChI=1S/C22H21O6P/c1-2-26-21(23)22(24,18-12-6-3-7-13-18)29(25,27-19-14-8-4-9-15-19)28-20-16-10-5-11-17-20/h3-17,24H,2H2,1H3/t22-/m0/s1. The summed E-state index contributed by atoms with van der Waals surface area (Å²) >= 11 is 0. The van der Waals surface area contributed by atoms with Crippen molar-refractivity contribution in [2.45, 2.75) is 12.3 Å². The second-order valence-corrected chi connectivity index (χ2v) is 8.07. The van der Waals surface area contributed by atoms with E-state index < -0.39 is 18.9 Å². The van der Waals surface area contributed by atoms with Crippen LogP contribution in [0.5, 0.6) is 11.5 Å². The van der Waals surface area contributed by atoms with Gasteiger partial charge in [0.15, 0.2) is 0 Å². The third-order valence-corrected chi connectivity index (χ3v) is 6.21. The third-order valence-electron chi connectivity index (χ3n) is 4.07. The molecule has 0 unspecified atom stereocenters. The minimum Gasteiger partial charge on any atom is -0.463 e. The lowest BCUT2D eigenvalue weighted by Crippen LogP contribution is -2.40. The van der Waals surface area contributed by atoms with Gasteiger partial charge >= 0.3 is 18.9 Å². The normalized spacial score (nSPS) is 13.2. The number of rotatable bonds is 8. The maximum atomic E-state index is 14.1. The van der Waals surface area contributed by atoms with Gasteiger partial charge in [0.1, 0.15) is 11.5 Å². The lowest BCUT2D eigenvalue weighted by molar-refractivity contribution is -0.158. The minimum absolute atomic E-state index is 0.0232. The molecule has 7 heteroatoms. The largest absolute Gasteiger partial charge is 0.478 e. The van der Waals surface area contributed by atoms with Gasteiger partial charge in [0.05, 0.1) is 6.61 Å². The highest BCUT2D eigenvalue weighted by atomic mass is 31.2. The van der Waals surface area contributed by atoms with Gasteiger partial charge < -0.3 is 18.9 Å². The molecule has 3 aromatic rings. The molecule has 0 aliphatic heterocycles. The predicted octanol–water partition coefficient (Wildman–Crippen LogP) is 4.75. The first-order valence-corrected chi connectivity index (χ1v) is 10.6. The fourth-order valence-corrected chi connectivity index (χ4v) is 4.53. The van der Waals surface area contributed by atoms with Crippen LogP contribution >= 0.6 is 7.60 Å². The molecule has 6 nitrogen and oxygen atoms in total. The van der Waals surface area contributed by atoms with Crippen molar-refractivity contribution in [1.82, 2.24) is 0 Å². The van der Waals surface area contributed by atoms with Crippen molar-refractivity contribution in [3.63, 3.8) is 0 Å². The van der Waals surface area contributed by atoms with Crippen LogP contribution in [0.15, 0.2) is 91.0 Å². The first kappa shape index (κ1) is 20.6. The molecule has 0 fully saturated rings. The number of hydrogen-bond acceptors (Lipinski definition) is 6. The molecule has 29 heavy (non-hydrogen) atoms. The molecule has 0 heterocycles. The molecule has 0 radical (unpaired) electrons. The Morgan fingerprint density at radius 3 is 1.66 bits per heavy atom. The molecule has 0 aliphatic rings. The van der Waals surface area contributed by atoms with Crippen molar-refractivity contribution in [1.29, 1.82) is 0 Å². The van der Waals surface area contributed by atoms with Gasteiger partial charge in [-0.1, -0.05) is 66.7 Å². The van der Waals surface area contributed by atoms with E-state index >= 15 is 0 Å². The van der Waals surface area contributed by atoms with Crippen molar-refractivity contribution in [3.05, 3.63) is 96.6 Å². The monoisotopic (exact) mass is 412 g/mol. The number of carbonyl (C=O) groups is 1. The van der Waals surface area contributed by atoms with Gasteiger partial charge in [-0.2, -0.15) is 0 Å². The van der Waals surface area contributed by atoms with Crippen molar-refractivity contribution in [2.24, 2.45) is 0 Å². The van der Waals surface area contributed by atoms with Crippen molar-refractivity contribution >= 4 is 13.6 Å². The van der Waals surface area contributed by atoms with Gasteiger partial charge in [0, 0.05) is 5.56 Å². The predicted molar refractivity (Wildman–Crippen MR) is 109 cm³/mol. The zero-order valence-corrected chi connectivity index (χ0v) is 16.7. The molecule has 1 N–H and O–H groups in total. The number of esters is 1. The molecule has 0 saturated carbocycles. The van der Waals surface area contributed by atoms with E-state index in [1.54, 1.807) is 85.8 Å². The van der Waals surface area contributed by atoms with Crippen LogP contribution in [0.4, 0.5) is 0 Å². The molecule has 0 saturated heterocycles. The van der Waals surface area contributed by atoms with E-state index in [0.717, 1.165) is 0 Å². The van der Waals surface area contributed by atoms with Gasteiger partial charge in [-0.05, 0) is 31.2 Å². The Labute approximate surface area is 169 Å². The fourth-order valence-electron chi connectivity index (χ4n) is 2.68. The quantitative estimate of drug-likeness (QED) is 0.425. The van der Waals surface area contributed by atoms with Crippen LogP contribution in [0, 0.1) is 0 Å². The molecule has 1 atom stereocenters. The van der Waals surface area contributed by atoms with E-state index in [1.807, 2.05) is 0 Å². The van der Waals surface area contributed by atoms with Crippen molar-refractivity contribution < 1.29 is 28.3 Å². The van der Waals surface area contributed by atoms with Gasteiger partial charge in [-0.3, -0.25) is 0 Å². The summed E-state index contributed by atoms with van der Waals surface area (Å²) in [5.41, 5.74) is 0.0358. The average Bonchev–Trinajstić information content (AvgIpc) is 2.75. The Balaban J connectivity index is 2.16. The number of ether oxygens (including phenoxy) is 1. The maximum absolute atomic E-state index is 14.1. The van der Waals surface area contributed by atoms with E-state index in [4.69, 9.17) is 13.8 Å². The van der Waals surface area contributed by atoms with Crippen LogP contribution < -0.4 is 9.05 Å². The zero-order valence-electron chi connectivity index (χ0n) is 15.8. The second-order valence-electron chi connectivity index (χ2n) is 6.06. The SMILES string of the molecule is CCOC(=O)[C@](O)(c1ccccc1)P(=O)(Oc1ccccc1)Oc1ccccc1. The van der Waals surface area contributed by atoms with Crippen LogP contribution in [-0.2, 0) is 19.4 Å². The molecule has 3 aromatic carbocycles. The molecule has 0 bridgehead atoms. The van der Waals surface area contributed by atoms with Crippen LogP contribution in [-0.4, -0.2) is 17.7 Å². The second kappa shape index (κ2) is 8.95. The van der Waals surface area contributed by atoms with Crippen LogP contribution in [0.1, 0.15) is 12.5 Å². The molecular weight excluding hydrogens is 391 g/mol. The van der Waals surface area contributed by atoms with E-state index in [-0.39, 0.29) is 23.7 Å². The van der Waals surface area contributed by atoms with Gasteiger partial charge in [0.25, 0.3) is 0 Å². The Kier molecular flexibility index (Phi) is 6.37. The van der Waals surface area contributed by atoms with E-state index in [0.29, 0.717) is 0 Å². The smallest absolute Gasteiger partial charge is 0.463 e. The Morgan fingerprint density at radius 2 is 1.24 bits per heavy atom. The summed E-state index contributed by atoms with van der Waals surface area (Å²) in [5.74, 6) is -0.780. The number of para-hydroxylation sites is 2. The van der Waals surface area contributed by atoms with Gasteiger partial charge in [0.2, 0.25) is 0 Å². The van der Waals surface area contributed by atoms with Crippen molar-refractivity contribution in [2.75, 3.05) is 6.61 Å². The van der Waals surface area contributed by atoms with E-state index in [1.165, 1.54) is 12.1 Å². The Morgan fingerprint density at radius 1 is 0.828 bits per heavy atom. The van der Waals surface area contributed by atoms with Gasteiger partial charge in [-0.25, -0.2) is 9.36 Å². The third kappa shape index (κ3) is 4.34. The topological polar surface area (TPSA) is 82.1 Å². The number of aliphatic hydroxyl groups is 1. The highest BCUT2D eigenvalue weighted by Gasteiger charge is 2.61. The first-order chi connectivity index (χ1) is 14.0. The van der Waals surface area contributed by atoms with Crippen LogP contribution in [0.3, 0.4) is 0 Å². The maximum Gasteiger partial charge on any atom is 0.478 e. The Bertz CT molecular complexity index is 932. The lowest BCUT2D eigenvalue weighted by atomic mass is 10.1. The molecular formula is C22H21O6P. The molecule has 3 rings (SSSR count). The summed E-state index contributed by atoms with van der Waals surface area (Å²) in [5, 5.41) is 8.85. The summed E-state index contributed by atoms with van der Waals surface area (Å²) in [7, 11) is -4.61. The summed E-state index contributed by atoms with van der Waals surface area (Å²) in [6.45, 7) is 1.56. The Hall–Kier alpha value is -3.08. The molecule has 150 valence electrons. The van der Waals surface area contributed by atoms with Crippen LogP contribution in [0.2, 0.25) is 0 Å². The molecule has 0 amide bonds. The number of carbonyl (C=O) groups excluding carboxylic acids is 1. The van der Waals surface area contributed by atoms with E-state index in [2.05, 4.69) is 0 Å². The number of benzene rings is 3. The average molecular weight is 412 g/mol. The van der Waals surface area contributed by atoms with Crippen LogP contribution in [0.25, 0.3) is 0 Å². The molecule has 0 aromatic heterocycles. The molecule has 0 aliphatic carbocycles. The fraction of sp³-hybridized carbons (Fsp3) is 0.136. The minimum atomic E-state index is -4.61. The highest BCUT2D eigenvalue weighted by molar-refractivity contribution is 7.56. The summed E-state index contributed by atoms with van der Waals surface area (Å²) in [4.78, 5) is 12.9. The van der Waals surface area contributed by atoms with Gasteiger partial charge in [-0.15, -0.1) is 0 Å². The summed E-state index contributed by atoms with van der Waals surface area (Å²) < 4.78 is 30.5. The highest BCUT2D eigenvalue weighted by Crippen LogP contribution is 2.63. The number of hydrogen-bond donors (Lipinski definition) is 1.